The Morgan fingerprint density at radius 3 is 2.25 bits per heavy atom. The number of aromatic nitrogens is 2. The zero-order valence-electron chi connectivity index (χ0n) is 15.9. The second-order valence-electron chi connectivity index (χ2n) is 6.01. The van der Waals surface area contributed by atoms with Crippen molar-refractivity contribution < 1.29 is 9.53 Å². The number of rotatable bonds is 7. The normalized spacial score (nSPS) is 10.4. The van der Waals surface area contributed by atoms with Crippen molar-refractivity contribution in [2.24, 2.45) is 0 Å². The summed E-state index contributed by atoms with van der Waals surface area (Å²) in [6.45, 7) is 4.15. The highest BCUT2D eigenvalue weighted by atomic mass is 16.5. The minimum Gasteiger partial charge on any atom is -0.462 e. The molecule has 1 aromatic heterocycles. The minimum absolute atomic E-state index is 0.299. The lowest BCUT2D eigenvalue weighted by atomic mass is 10.1. The first-order chi connectivity index (χ1) is 13.6. The maximum atomic E-state index is 12.2. The molecule has 0 aliphatic heterocycles. The van der Waals surface area contributed by atoms with E-state index in [-0.39, 0.29) is 0 Å². The van der Waals surface area contributed by atoms with E-state index in [4.69, 9.17) is 10.5 Å². The van der Waals surface area contributed by atoms with E-state index >= 15 is 0 Å². The second kappa shape index (κ2) is 8.85. The molecule has 0 bridgehead atoms. The molecule has 3 aromatic rings. The van der Waals surface area contributed by atoms with Gasteiger partial charge >= 0.3 is 5.97 Å². The van der Waals surface area contributed by atoms with Crippen molar-refractivity contribution in [2.75, 3.05) is 23.0 Å². The van der Waals surface area contributed by atoms with Gasteiger partial charge in [-0.25, -0.2) is 14.8 Å². The third-order valence-electron chi connectivity index (χ3n) is 4.21. The molecule has 0 saturated carbocycles. The Morgan fingerprint density at radius 1 is 0.964 bits per heavy atom. The van der Waals surface area contributed by atoms with E-state index in [9.17, 15) is 4.79 Å². The third-order valence-corrected chi connectivity index (χ3v) is 4.21. The van der Waals surface area contributed by atoms with E-state index < -0.39 is 5.97 Å². The predicted octanol–water partition coefficient (Wildman–Crippen LogP) is 4.29. The Hall–Kier alpha value is -3.61. The van der Waals surface area contributed by atoms with Crippen LogP contribution in [0.2, 0.25) is 0 Å². The van der Waals surface area contributed by atoms with Crippen molar-refractivity contribution in [3.05, 3.63) is 66.0 Å². The fourth-order valence-corrected chi connectivity index (χ4v) is 2.78. The number of benzene rings is 2. The number of carbonyl (C=O) groups is 1. The van der Waals surface area contributed by atoms with Crippen molar-refractivity contribution in [1.29, 1.82) is 0 Å². The molecule has 0 atom stereocenters. The van der Waals surface area contributed by atoms with Gasteiger partial charge in [0.05, 0.1) is 17.9 Å². The number of hydrogen-bond donors (Lipinski definition) is 3. The first-order valence-corrected chi connectivity index (χ1v) is 9.12. The number of aryl methyl sites for hydroxylation is 1. The number of carbonyl (C=O) groups excluding carboxylic acids is 1. The van der Waals surface area contributed by atoms with Gasteiger partial charge in [0.25, 0.3) is 0 Å². The molecule has 144 valence electrons. The summed E-state index contributed by atoms with van der Waals surface area (Å²) >= 11 is 0. The van der Waals surface area contributed by atoms with E-state index in [1.807, 2.05) is 24.3 Å². The Bertz CT molecular complexity index is 975. The van der Waals surface area contributed by atoms with Crippen LogP contribution in [0.3, 0.4) is 0 Å². The van der Waals surface area contributed by atoms with Crippen molar-refractivity contribution in [3.63, 3.8) is 0 Å². The molecule has 4 N–H and O–H groups in total. The summed E-state index contributed by atoms with van der Waals surface area (Å²) in [4.78, 5) is 20.7. The van der Waals surface area contributed by atoms with Gasteiger partial charge in [0.1, 0.15) is 12.0 Å². The van der Waals surface area contributed by atoms with Crippen LogP contribution in [0.15, 0.2) is 54.9 Å². The molecule has 0 aliphatic rings. The Balaban J connectivity index is 1.89. The van der Waals surface area contributed by atoms with Crippen LogP contribution in [0.25, 0.3) is 0 Å². The Kier molecular flexibility index (Phi) is 6.06. The summed E-state index contributed by atoms with van der Waals surface area (Å²) in [6, 6.07) is 15.0. The fourth-order valence-electron chi connectivity index (χ4n) is 2.78. The monoisotopic (exact) mass is 377 g/mol. The summed E-state index contributed by atoms with van der Waals surface area (Å²) in [5.74, 6) is 0.490. The van der Waals surface area contributed by atoms with Gasteiger partial charge in [-0.2, -0.15) is 0 Å². The van der Waals surface area contributed by atoms with Gasteiger partial charge in [-0.05, 0) is 37.1 Å². The molecule has 0 fully saturated rings. The topological polar surface area (TPSA) is 102 Å². The molecule has 0 saturated heterocycles. The lowest BCUT2D eigenvalue weighted by Gasteiger charge is -2.15. The zero-order valence-corrected chi connectivity index (χ0v) is 15.9. The molecule has 1 heterocycles. The molecule has 0 spiro atoms. The number of nitrogens with zero attached hydrogens (tertiary/aromatic N) is 2. The first kappa shape index (κ1) is 19.2. The fraction of sp³-hybridized carbons (Fsp3) is 0.190. The van der Waals surface area contributed by atoms with Gasteiger partial charge in [0.2, 0.25) is 0 Å². The average Bonchev–Trinajstić information content (AvgIpc) is 2.72. The third kappa shape index (κ3) is 4.20. The molecule has 0 unspecified atom stereocenters. The number of anilines is 5. The number of nitrogen functional groups attached to an aromatic ring is 1. The van der Waals surface area contributed by atoms with Gasteiger partial charge in [0.15, 0.2) is 11.6 Å². The van der Waals surface area contributed by atoms with Crippen LogP contribution in [-0.4, -0.2) is 22.5 Å². The van der Waals surface area contributed by atoms with E-state index in [1.165, 1.54) is 6.33 Å². The summed E-state index contributed by atoms with van der Waals surface area (Å²) in [5.41, 5.74) is 9.71. The van der Waals surface area contributed by atoms with Crippen LogP contribution >= 0.6 is 0 Å². The standard InChI is InChI=1S/C21H23N5O2/c1-3-14-9-5-7-11-16(14)25-19-18(22)20(24-13-23-19)26-17-12-8-6-10-15(17)21(27)28-4-2/h5-13H,3-4,22H2,1-2H3,(H2,23,24,25,26). The first-order valence-electron chi connectivity index (χ1n) is 9.12. The quantitative estimate of drug-likeness (QED) is 0.528. The van der Waals surface area contributed by atoms with Crippen molar-refractivity contribution >= 4 is 34.7 Å². The van der Waals surface area contributed by atoms with Gasteiger partial charge in [-0.15, -0.1) is 0 Å². The number of ether oxygens (including phenoxy) is 1. The van der Waals surface area contributed by atoms with Crippen molar-refractivity contribution in [2.45, 2.75) is 20.3 Å². The van der Waals surface area contributed by atoms with Crippen LogP contribution in [0.1, 0.15) is 29.8 Å². The highest BCUT2D eigenvalue weighted by Gasteiger charge is 2.15. The smallest absolute Gasteiger partial charge is 0.340 e. The molecule has 3 rings (SSSR count). The van der Waals surface area contributed by atoms with E-state index in [0.29, 0.717) is 35.2 Å². The van der Waals surface area contributed by atoms with E-state index in [0.717, 1.165) is 17.7 Å². The second-order valence-corrected chi connectivity index (χ2v) is 6.01. The number of esters is 1. The summed E-state index contributed by atoms with van der Waals surface area (Å²) in [7, 11) is 0. The molecule has 7 nitrogen and oxygen atoms in total. The molecule has 0 amide bonds. The highest BCUT2D eigenvalue weighted by Crippen LogP contribution is 2.30. The molecule has 0 radical (unpaired) electrons. The molecular formula is C21H23N5O2. The SMILES string of the molecule is CCOC(=O)c1ccccc1Nc1ncnc(Nc2ccccc2CC)c1N. The zero-order chi connectivity index (χ0) is 19.9. The van der Waals surface area contributed by atoms with Gasteiger partial charge in [0, 0.05) is 5.69 Å². The van der Waals surface area contributed by atoms with Gasteiger partial charge in [-0.3, -0.25) is 0 Å². The van der Waals surface area contributed by atoms with Crippen molar-refractivity contribution in [3.8, 4) is 0 Å². The summed E-state index contributed by atoms with van der Waals surface area (Å²) in [6.07, 6.45) is 2.30. The van der Waals surface area contributed by atoms with Gasteiger partial charge in [-0.1, -0.05) is 37.3 Å². The lowest BCUT2D eigenvalue weighted by Crippen LogP contribution is -2.10. The number of hydrogen-bond acceptors (Lipinski definition) is 7. The Morgan fingerprint density at radius 2 is 1.57 bits per heavy atom. The predicted molar refractivity (Wildman–Crippen MR) is 111 cm³/mol. The summed E-state index contributed by atoms with van der Waals surface area (Å²) < 4.78 is 5.11. The number of nitrogens with two attached hydrogens (primary N) is 1. The number of nitrogens with one attached hydrogen (secondary N) is 2. The average molecular weight is 377 g/mol. The molecule has 0 aliphatic carbocycles. The maximum absolute atomic E-state index is 12.2. The van der Waals surface area contributed by atoms with E-state index in [2.05, 4.69) is 33.6 Å². The van der Waals surface area contributed by atoms with Crippen LogP contribution in [0.5, 0.6) is 0 Å². The lowest BCUT2D eigenvalue weighted by molar-refractivity contribution is 0.0527. The maximum Gasteiger partial charge on any atom is 0.340 e. The molecular weight excluding hydrogens is 354 g/mol. The molecule has 28 heavy (non-hydrogen) atoms. The van der Waals surface area contributed by atoms with E-state index in [1.54, 1.807) is 25.1 Å². The van der Waals surface area contributed by atoms with Crippen LogP contribution in [-0.2, 0) is 11.2 Å². The van der Waals surface area contributed by atoms with Crippen LogP contribution in [0.4, 0.5) is 28.7 Å². The molecule has 2 aromatic carbocycles. The van der Waals surface area contributed by atoms with Crippen LogP contribution < -0.4 is 16.4 Å². The highest BCUT2D eigenvalue weighted by molar-refractivity contribution is 5.97. The molecule has 7 heteroatoms. The Labute approximate surface area is 164 Å². The minimum atomic E-state index is -0.409. The number of para-hydroxylation sites is 2. The van der Waals surface area contributed by atoms with Gasteiger partial charge < -0.3 is 21.1 Å². The van der Waals surface area contributed by atoms with Crippen LogP contribution in [0, 0.1) is 0 Å². The van der Waals surface area contributed by atoms with Crippen molar-refractivity contribution in [1.82, 2.24) is 9.97 Å². The summed E-state index contributed by atoms with van der Waals surface area (Å²) in [5, 5.41) is 6.39. The largest absolute Gasteiger partial charge is 0.462 e.